The molecule has 0 fully saturated rings. The van der Waals surface area contributed by atoms with Crippen LogP contribution in [-0.2, 0) is 12.7 Å². The molecule has 0 radical (unpaired) electrons. The Labute approximate surface area is 180 Å². The lowest BCUT2D eigenvalue weighted by atomic mass is 10.1. The first-order valence-electron chi connectivity index (χ1n) is 9.31. The minimum atomic E-state index is -4.54. The Hall–Kier alpha value is -3.68. The second-order valence-corrected chi connectivity index (χ2v) is 8.34. The van der Waals surface area contributed by atoms with Gasteiger partial charge in [0.15, 0.2) is 11.5 Å². The van der Waals surface area contributed by atoms with Crippen molar-refractivity contribution in [1.82, 2.24) is 34.3 Å². The number of aryl methyl sites for hydroxylation is 1. The van der Waals surface area contributed by atoms with E-state index in [1.54, 1.807) is 6.92 Å². The summed E-state index contributed by atoms with van der Waals surface area (Å²) in [5, 5.41) is 19.8. The molecule has 1 atom stereocenters. The third-order valence-electron chi connectivity index (χ3n) is 5.00. The number of alkyl halides is 3. The summed E-state index contributed by atoms with van der Waals surface area (Å²) in [6, 6.07) is 1.01. The standard InChI is InChI=1S/C18H13F3N8O2S/c1-8-3-11(18(19,20)21)24-17-12(8)13-14(32-17)16-25-15(26-28(16)7-22-13)9(2)5-27-6-10(4-23-27)29(30)31/h3-4,6-7,9H,5H2,1-2H3. The van der Waals surface area contributed by atoms with Crippen LogP contribution < -0.4 is 0 Å². The number of nitrogens with zero attached hydrogens (tertiary/aromatic N) is 8. The van der Waals surface area contributed by atoms with E-state index in [1.807, 2.05) is 6.92 Å². The largest absolute Gasteiger partial charge is 0.433 e. The molecule has 0 bridgehead atoms. The Balaban J connectivity index is 1.58. The monoisotopic (exact) mass is 462 g/mol. The SMILES string of the molecule is Cc1cc(C(F)(F)F)nc2sc3c(ncn4nc(C(C)Cn5cc([N+](=O)[O-])cn5)nc34)c12. The van der Waals surface area contributed by atoms with Crippen molar-refractivity contribution in [3.05, 3.63) is 52.0 Å². The molecule has 0 saturated heterocycles. The van der Waals surface area contributed by atoms with Crippen LogP contribution in [0.4, 0.5) is 18.9 Å². The van der Waals surface area contributed by atoms with E-state index >= 15 is 0 Å². The zero-order valence-electron chi connectivity index (χ0n) is 16.5. The van der Waals surface area contributed by atoms with Crippen LogP contribution >= 0.6 is 11.3 Å². The Kier molecular flexibility index (Phi) is 4.37. The van der Waals surface area contributed by atoms with E-state index in [0.29, 0.717) is 39.2 Å². The predicted octanol–water partition coefficient (Wildman–Crippen LogP) is 4.12. The number of hydrogen-bond acceptors (Lipinski definition) is 8. The summed E-state index contributed by atoms with van der Waals surface area (Å²) in [6.45, 7) is 3.75. The quantitative estimate of drug-likeness (QED) is 0.291. The van der Waals surface area contributed by atoms with Gasteiger partial charge in [-0.3, -0.25) is 14.8 Å². The molecular formula is C18H13F3N8O2S. The van der Waals surface area contributed by atoms with Crippen molar-refractivity contribution < 1.29 is 18.1 Å². The molecular weight excluding hydrogens is 449 g/mol. The summed E-state index contributed by atoms with van der Waals surface area (Å²) in [6.07, 6.45) is -0.594. The van der Waals surface area contributed by atoms with Gasteiger partial charge < -0.3 is 0 Å². The van der Waals surface area contributed by atoms with Crippen molar-refractivity contribution in [2.45, 2.75) is 32.5 Å². The van der Waals surface area contributed by atoms with Crippen LogP contribution in [0.1, 0.15) is 29.9 Å². The van der Waals surface area contributed by atoms with Crippen molar-refractivity contribution in [2.24, 2.45) is 0 Å². The van der Waals surface area contributed by atoms with Crippen molar-refractivity contribution in [3.8, 4) is 0 Å². The minimum absolute atomic E-state index is 0.113. The first kappa shape index (κ1) is 20.2. The molecule has 0 aliphatic rings. The summed E-state index contributed by atoms with van der Waals surface area (Å²) < 4.78 is 43.0. The number of aromatic nitrogens is 7. The van der Waals surface area contributed by atoms with Gasteiger partial charge in [0, 0.05) is 11.3 Å². The van der Waals surface area contributed by atoms with Gasteiger partial charge in [-0.1, -0.05) is 6.92 Å². The van der Waals surface area contributed by atoms with Crippen molar-refractivity contribution >= 4 is 43.1 Å². The maximum absolute atomic E-state index is 13.2. The highest BCUT2D eigenvalue weighted by Gasteiger charge is 2.33. The summed E-state index contributed by atoms with van der Waals surface area (Å²) >= 11 is 1.08. The molecule has 0 aromatic carbocycles. The molecule has 32 heavy (non-hydrogen) atoms. The van der Waals surface area contributed by atoms with Gasteiger partial charge >= 0.3 is 11.9 Å². The topological polar surface area (TPSA) is 117 Å². The number of thiophene rings is 1. The Bertz CT molecular complexity index is 1520. The molecule has 5 rings (SSSR count). The number of rotatable bonds is 4. The third-order valence-corrected chi connectivity index (χ3v) is 6.07. The van der Waals surface area contributed by atoms with Gasteiger partial charge in [0.25, 0.3) is 0 Å². The minimum Gasteiger partial charge on any atom is -0.265 e. The lowest BCUT2D eigenvalue weighted by molar-refractivity contribution is -0.385. The fourth-order valence-electron chi connectivity index (χ4n) is 3.49. The zero-order chi connectivity index (χ0) is 22.8. The summed E-state index contributed by atoms with van der Waals surface area (Å²) in [4.78, 5) is 23.3. The number of fused-ring (bicyclic) bond motifs is 5. The highest BCUT2D eigenvalue weighted by molar-refractivity contribution is 7.26. The molecule has 0 spiro atoms. The smallest absolute Gasteiger partial charge is 0.265 e. The molecule has 0 amide bonds. The normalized spacial score (nSPS) is 13.4. The van der Waals surface area contributed by atoms with E-state index < -0.39 is 16.8 Å². The fourth-order valence-corrected chi connectivity index (χ4v) is 4.67. The fraction of sp³-hybridized carbons (Fsp3) is 0.278. The van der Waals surface area contributed by atoms with Gasteiger partial charge in [-0.15, -0.1) is 16.4 Å². The molecule has 14 heteroatoms. The molecule has 0 aliphatic carbocycles. The number of pyridine rings is 1. The van der Waals surface area contributed by atoms with Crippen LogP contribution in [0.15, 0.2) is 24.8 Å². The van der Waals surface area contributed by atoms with Gasteiger partial charge in [-0.05, 0) is 18.6 Å². The third kappa shape index (κ3) is 3.23. The highest BCUT2D eigenvalue weighted by atomic mass is 32.1. The van der Waals surface area contributed by atoms with E-state index in [1.165, 1.54) is 27.9 Å². The molecule has 5 aromatic heterocycles. The first-order chi connectivity index (χ1) is 15.1. The van der Waals surface area contributed by atoms with Gasteiger partial charge in [-0.2, -0.15) is 18.3 Å². The molecule has 5 heterocycles. The van der Waals surface area contributed by atoms with Crippen LogP contribution in [0.2, 0.25) is 0 Å². The first-order valence-corrected chi connectivity index (χ1v) is 10.1. The summed E-state index contributed by atoms with van der Waals surface area (Å²) in [5.41, 5.74) is 0.343. The van der Waals surface area contributed by atoms with Gasteiger partial charge in [0.2, 0.25) is 0 Å². The zero-order valence-corrected chi connectivity index (χ0v) is 17.3. The van der Waals surface area contributed by atoms with E-state index in [4.69, 9.17) is 0 Å². The Morgan fingerprint density at radius 2 is 2.09 bits per heavy atom. The van der Waals surface area contributed by atoms with Crippen LogP contribution in [0, 0.1) is 17.0 Å². The predicted molar refractivity (Wildman–Crippen MR) is 109 cm³/mol. The number of hydrogen-bond donors (Lipinski definition) is 0. The maximum Gasteiger partial charge on any atom is 0.433 e. The molecule has 0 aliphatic heterocycles. The lowest BCUT2D eigenvalue weighted by Gasteiger charge is -2.06. The molecule has 0 saturated carbocycles. The molecule has 5 aromatic rings. The van der Waals surface area contributed by atoms with Crippen LogP contribution in [0.25, 0.3) is 26.1 Å². The van der Waals surface area contributed by atoms with E-state index in [9.17, 15) is 23.3 Å². The van der Waals surface area contributed by atoms with Crippen molar-refractivity contribution in [1.29, 1.82) is 0 Å². The van der Waals surface area contributed by atoms with E-state index in [-0.39, 0.29) is 16.4 Å². The van der Waals surface area contributed by atoms with Crippen molar-refractivity contribution in [3.63, 3.8) is 0 Å². The average molecular weight is 462 g/mol. The second kappa shape index (κ2) is 6.91. The molecule has 10 nitrogen and oxygen atoms in total. The average Bonchev–Trinajstić information content (AvgIpc) is 3.42. The highest BCUT2D eigenvalue weighted by Crippen LogP contribution is 2.38. The number of halogens is 3. The molecule has 0 N–H and O–H groups in total. The summed E-state index contributed by atoms with van der Waals surface area (Å²) in [7, 11) is 0. The molecule has 1 unspecified atom stereocenters. The second-order valence-electron chi connectivity index (χ2n) is 7.34. The lowest BCUT2D eigenvalue weighted by Crippen LogP contribution is -2.08. The van der Waals surface area contributed by atoms with Crippen LogP contribution in [-0.4, -0.2) is 39.3 Å². The molecule has 164 valence electrons. The summed E-state index contributed by atoms with van der Waals surface area (Å²) in [5.74, 6) is 0.214. The van der Waals surface area contributed by atoms with Gasteiger partial charge in [-0.25, -0.2) is 19.5 Å². The number of nitro groups is 1. The van der Waals surface area contributed by atoms with Crippen LogP contribution in [0.5, 0.6) is 0 Å². The van der Waals surface area contributed by atoms with Gasteiger partial charge in [0.05, 0.1) is 17.0 Å². The Morgan fingerprint density at radius 1 is 1.31 bits per heavy atom. The van der Waals surface area contributed by atoms with Crippen LogP contribution in [0.3, 0.4) is 0 Å². The maximum atomic E-state index is 13.2. The Morgan fingerprint density at radius 3 is 2.78 bits per heavy atom. The van der Waals surface area contributed by atoms with E-state index in [2.05, 4.69) is 25.1 Å². The van der Waals surface area contributed by atoms with Crippen molar-refractivity contribution in [2.75, 3.05) is 0 Å². The van der Waals surface area contributed by atoms with E-state index in [0.717, 1.165) is 17.4 Å². The van der Waals surface area contributed by atoms with Gasteiger partial charge in [0.1, 0.15) is 33.9 Å².